The van der Waals surface area contributed by atoms with Crippen molar-refractivity contribution in [2.24, 2.45) is 0 Å². The lowest BCUT2D eigenvalue weighted by molar-refractivity contribution is -0.137. The molecule has 0 saturated carbocycles. The third kappa shape index (κ3) is 2.17. The van der Waals surface area contributed by atoms with Gasteiger partial charge in [-0.15, -0.1) is 0 Å². The molecule has 17 heavy (non-hydrogen) atoms. The highest BCUT2D eigenvalue weighted by Gasteiger charge is 2.31. The second-order valence-corrected chi connectivity index (χ2v) is 3.21. The van der Waals surface area contributed by atoms with E-state index in [0.29, 0.717) is 6.29 Å². The first-order valence-electron chi connectivity index (χ1n) is 4.55. The van der Waals surface area contributed by atoms with E-state index in [1.165, 1.54) is 12.4 Å². The molecule has 1 heterocycles. The van der Waals surface area contributed by atoms with E-state index in [1.807, 2.05) is 0 Å². The van der Waals surface area contributed by atoms with E-state index in [1.54, 1.807) is 0 Å². The second kappa shape index (κ2) is 4.00. The van der Waals surface area contributed by atoms with Gasteiger partial charge >= 0.3 is 6.18 Å². The quantitative estimate of drug-likeness (QED) is 0.756. The molecule has 0 N–H and O–H groups in total. The van der Waals surface area contributed by atoms with Gasteiger partial charge in [0.05, 0.1) is 23.6 Å². The van der Waals surface area contributed by atoms with Crippen LogP contribution in [0.3, 0.4) is 0 Å². The van der Waals surface area contributed by atoms with Crippen LogP contribution in [-0.2, 0) is 6.18 Å². The molecule has 0 unspecified atom stereocenters. The fourth-order valence-electron chi connectivity index (χ4n) is 1.35. The van der Waals surface area contributed by atoms with Crippen molar-refractivity contribution < 1.29 is 18.0 Å². The van der Waals surface area contributed by atoms with Gasteiger partial charge in [0.15, 0.2) is 6.29 Å². The van der Waals surface area contributed by atoms with Crippen molar-refractivity contribution in [3.8, 4) is 5.69 Å². The molecule has 7 heteroatoms. The molecule has 2 rings (SSSR count). The molecule has 0 saturated heterocycles. The minimum absolute atomic E-state index is 0.115. The Labute approximate surface area is 93.7 Å². The molecule has 88 valence electrons. The van der Waals surface area contributed by atoms with E-state index >= 15 is 0 Å². The molecule has 2 aromatic rings. The molecular weight excluding hydrogens is 235 g/mol. The summed E-state index contributed by atoms with van der Waals surface area (Å²) in [7, 11) is 0. The van der Waals surface area contributed by atoms with Crippen molar-refractivity contribution >= 4 is 6.29 Å². The van der Waals surface area contributed by atoms with Crippen molar-refractivity contribution in [1.82, 2.24) is 15.0 Å². The smallest absolute Gasteiger partial charge is 0.298 e. The molecule has 4 nitrogen and oxygen atoms in total. The van der Waals surface area contributed by atoms with Gasteiger partial charge in [0, 0.05) is 5.56 Å². The van der Waals surface area contributed by atoms with Crippen molar-refractivity contribution in [3.63, 3.8) is 0 Å². The maximum atomic E-state index is 12.4. The van der Waals surface area contributed by atoms with Crippen LogP contribution < -0.4 is 0 Å². The molecule has 0 atom stereocenters. The molecule has 0 aliphatic carbocycles. The lowest BCUT2D eigenvalue weighted by Crippen LogP contribution is -2.08. The zero-order chi connectivity index (χ0) is 12.5. The molecule has 0 amide bonds. The van der Waals surface area contributed by atoms with Gasteiger partial charge in [-0.05, 0) is 18.2 Å². The third-order valence-electron chi connectivity index (χ3n) is 2.12. The largest absolute Gasteiger partial charge is 0.416 e. The summed E-state index contributed by atoms with van der Waals surface area (Å²) < 4.78 is 37.3. The Morgan fingerprint density at radius 3 is 2.35 bits per heavy atom. The summed E-state index contributed by atoms with van der Waals surface area (Å²) in [6.45, 7) is 0. The molecule has 0 radical (unpaired) electrons. The molecular formula is C10H6F3N3O. The number of alkyl halides is 3. The summed E-state index contributed by atoms with van der Waals surface area (Å²) in [6.07, 6.45) is -1.40. The Hall–Kier alpha value is -2.18. The molecule has 1 aromatic heterocycles. The van der Waals surface area contributed by atoms with Gasteiger partial charge in [-0.1, -0.05) is 0 Å². The number of aromatic nitrogens is 3. The summed E-state index contributed by atoms with van der Waals surface area (Å²) in [6, 6.07) is 2.81. The summed E-state index contributed by atoms with van der Waals surface area (Å²) in [5, 5.41) is 7.50. The Balaban J connectivity index is 2.54. The average Bonchev–Trinajstić information content (AvgIpc) is 2.80. The summed E-state index contributed by atoms with van der Waals surface area (Å²) in [5.41, 5.74) is -0.787. The summed E-state index contributed by atoms with van der Waals surface area (Å²) in [4.78, 5) is 11.9. The van der Waals surface area contributed by atoms with E-state index < -0.39 is 11.7 Å². The first-order valence-corrected chi connectivity index (χ1v) is 4.55. The maximum absolute atomic E-state index is 12.4. The SMILES string of the molecule is O=Cc1cc(C(F)(F)F)ccc1-n1nccn1. The molecule has 0 bridgehead atoms. The first kappa shape index (κ1) is 11.3. The first-order chi connectivity index (χ1) is 8.02. The lowest BCUT2D eigenvalue weighted by atomic mass is 10.1. The van der Waals surface area contributed by atoms with Crippen molar-refractivity contribution in [1.29, 1.82) is 0 Å². The van der Waals surface area contributed by atoms with Crippen LogP contribution in [0.1, 0.15) is 15.9 Å². The van der Waals surface area contributed by atoms with Gasteiger partial charge in [-0.2, -0.15) is 28.2 Å². The van der Waals surface area contributed by atoms with Crippen LogP contribution in [0.15, 0.2) is 30.6 Å². The Bertz CT molecular complexity index is 534. The molecule has 1 aromatic carbocycles. The van der Waals surface area contributed by atoms with Crippen LogP contribution in [0.25, 0.3) is 5.69 Å². The molecule has 0 aliphatic rings. The number of carbonyl (C=O) groups excluding carboxylic acids is 1. The topological polar surface area (TPSA) is 47.8 Å². The van der Waals surface area contributed by atoms with Gasteiger partial charge in [0.1, 0.15) is 0 Å². The fourth-order valence-corrected chi connectivity index (χ4v) is 1.35. The number of nitrogens with zero attached hydrogens (tertiary/aromatic N) is 3. The number of benzene rings is 1. The number of aldehydes is 1. The predicted octanol–water partition coefficient (Wildman–Crippen LogP) is 2.10. The van der Waals surface area contributed by atoms with Gasteiger partial charge < -0.3 is 0 Å². The minimum Gasteiger partial charge on any atom is -0.298 e. The Kier molecular flexibility index (Phi) is 2.66. The highest BCUT2D eigenvalue weighted by atomic mass is 19.4. The van der Waals surface area contributed by atoms with Crippen LogP contribution in [0.4, 0.5) is 13.2 Å². The maximum Gasteiger partial charge on any atom is 0.416 e. The van der Waals surface area contributed by atoms with Crippen LogP contribution in [0.5, 0.6) is 0 Å². The monoisotopic (exact) mass is 241 g/mol. The van der Waals surface area contributed by atoms with Crippen molar-refractivity contribution in [2.75, 3.05) is 0 Å². The van der Waals surface area contributed by atoms with Crippen LogP contribution >= 0.6 is 0 Å². The Morgan fingerprint density at radius 1 is 1.18 bits per heavy atom. The van der Waals surface area contributed by atoms with Crippen LogP contribution in [0, 0.1) is 0 Å². The number of halogens is 3. The zero-order valence-electron chi connectivity index (χ0n) is 8.35. The Morgan fingerprint density at radius 2 is 1.82 bits per heavy atom. The van der Waals surface area contributed by atoms with Crippen LogP contribution in [-0.4, -0.2) is 21.3 Å². The van der Waals surface area contributed by atoms with Crippen molar-refractivity contribution in [2.45, 2.75) is 6.18 Å². The standard InChI is InChI=1S/C10H6F3N3O/c11-10(12,13)8-1-2-9(7(5-8)6-17)16-14-3-4-15-16/h1-6H. The number of hydrogen-bond donors (Lipinski definition) is 0. The van der Waals surface area contributed by atoms with E-state index in [2.05, 4.69) is 10.2 Å². The molecule has 0 spiro atoms. The number of carbonyl (C=O) groups is 1. The summed E-state index contributed by atoms with van der Waals surface area (Å²) >= 11 is 0. The molecule has 0 aliphatic heterocycles. The lowest BCUT2D eigenvalue weighted by Gasteiger charge is -2.09. The van der Waals surface area contributed by atoms with Gasteiger partial charge in [0.2, 0.25) is 0 Å². The number of rotatable bonds is 2. The van der Waals surface area contributed by atoms with E-state index in [4.69, 9.17) is 0 Å². The second-order valence-electron chi connectivity index (χ2n) is 3.21. The van der Waals surface area contributed by atoms with E-state index in [0.717, 1.165) is 23.0 Å². The third-order valence-corrected chi connectivity index (χ3v) is 2.12. The zero-order valence-corrected chi connectivity index (χ0v) is 8.35. The normalized spacial score (nSPS) is 11.5. The van der Waals surface area contributed by atoms with Gasteiger partial charge in [-0.3, -0.25) is 4.79 Å². The van der Waals surface area contributed by atoms with Gasteiger partial charge in [-0.25, -0.2) is 0 Å². The van der Waals surface area contributed by atoms with E-state index in [9.17, 15) is 18.0 Å². The number of hydrogen-bond acceptors (Lipinski definition) is 3. The van der Waals surface area contributed by atoms with E-state index in [-0.39, 0.29) is 11.3 Å². The highest BCUT2D eigenvalue weighted by molar-refractivity contribution is 5.81. The highest BCUT2D eigenvalue weighted by Crippen LogP contribution is 2.30. The fraction of sp³-hybridized carbons (Fsp3) is 0.100. The molecule has 0 fully saturated rings. The average molecular weight is 241 g/mol. The minimum atomic E-state index is -4.48. The van der Waals surface area contributed by atoms with Crippen molar-refractivity contribution in [3.05, 3.63) is 41.7 Å². The predicted molar refractivity (Wildman–Crippen MR) is 51.7 cm³/mol. The van der Waals surface area contributed by atoms with Crippen LogP contribution in [0.2, 0.25) is 0 Å². The van der Waals surface area contributed by atoms with Gasteiger partial charge in [0.25, 0.3) is 0 Å². The summed E-state index contributed by atoms with van der Waals surface area (Å²) in [5.74, 6) is 0.